The van der Waals surface area contributed by atoms with E-state index < -0.39 is 5.97 Å². The van der Waals surface area contributed by atoms with E-state index in [9.17, 15) is 9.59 Å². The van der Waals surface area contributed by atoms with Gasteiger partial charge in [-0.1, -0.05) is 31.3 Å². The standard InChI is InChI=1S/C24H29N3O4S/c1-5-26(6-2)15-16-27(22(28)17-11-13-18(14-12-17)23(29)30-4)24-25-21-19(31-7-3)9-8-10-20(21)32-24/h8-14H,5-7,15-16H2,1-4H3. The predicted octanol–water partition coefficient (Wildman–Crippen LogP) is 4.47. The van der Waals surface area contributed by atoms with Gasteiger partial charge < -0.3 is 14.4 Å². The molecule has 0 atom stereocenters. The third kappa shape index (κ3) is 5.26. The average molecular weight is 456 g/mol. The Balaban J connectivity index is 1.96. The van der Waals surface area contributed by atoms with Crippen molar-refractivity contribution < 1.29 is 19.1 Å². The molecule has 0 saturated heterocycles. The van der Waals surface area contributed by atoms with E-state index in [1.165, 1.54) is 18.4 Å². The van der Waals surface area contributed by atoms with Crippen LogP contribution in [0.5, 0.6) is 5.75 Å². The molecule has 0 radical (unpaired) electrons. The van der Waals surface area contributed by atoms with Gasteiger partial charge in [0.05, 0.1) is 24.0 Å². The lowest BCUT2D eigenvalue weighted by molar-refractivity contribution is 0.0600. The SMILES string of the molecule is CCOc1cccc2sc(N(CCN(CC)CC)C(=O)c3ccc(C(=O)OC)cc3)nc12. The van der Waals surface area contributed by atoms with Crippen LogP contribution in [0.4, 0.5) is 5.13 Å². The van der Waals surface area contributed by atoms with Crippen LogP contribution in [0.1, 0.15) is 41.5 Å². The molecule has 7 nitrogen and oxygen atoms in total. The van der Waals surface area contributed by atoms with E-state index in [1.807, 2.05) is 25.1 Å². The minimum Gasteiger partial charge on any atom is -0.492 e. The van der Waals surface area contributed by atoms with E-state index >= 15 is 0 Å². The molecule has 0 aliphatic carbocycles. The smallest absolute Gasteiger partial charge is 0.337 e. The van der Waals surface area contributed by atoms with Gasteiger partial charge in [-0.15, -0.1) is 0 Å². The second-order valence-electron chi connectivity index (χ2n) is 7.08. The van der Waals surface area contributed by atoms with Crippen LogP contribution in [-0.2, 0) is 4.74 Å². The van der Waals surface area contributed by atoms with Crippen molar-refractivity contribution in [1.82, 2.24) is 9.88 Å². The van der Waals surface area contributed by atoms with Crippen LogP contribution in [-0.4, -0.2) is 61.7 Å². The highest BCUT2D eigenvalue weighted by molar-refractivity contribution is 7.22. The molecule has 0 spiro atoms. The Hall–Kier alpha value is -2.97. The summed E-state index contributed by atoms with van der Waals surface area (Å²) < 4.78 is 11.4. The first-order chi connectivity index (χ1) is 15.5. The number of anilines is 1. The number of ether oxygens (including phenoxy) is 2. The Morgan fingerprint density at radius 3 is 2.28 bits per heavy atom. The molecule has 0 saturated carbocycles. The van der Waals surface area contributed by atoms with Crippen LogP contribution in [0, 0.1) is 0 Å². The fraction of sp³-hybridized carbons (Fsp3) is 0.375. The van der Waals surface area contributed by atoms with Gasteiger partial charge >= 0.3 is 5.97 Å². The van der Waals surface area contributed by atoms with Crippen molar-refractivity contribution >= 4 is 38.6 Å². The van der Waals surface area contributed by atoms with Gasteiger partial charge in [-0.2, -0.15) is 0 Å². The average Bonchev–Trinajstić information content (AvgIpc) is 3.26. The molecule has 1 amide bonds. The predicted molar refractivity (Wildman–Crippen MR) is 128 cm³/mol. The summed E-state index contributed by atoms with van der Waals surface area (Å²) in [4.78, 5) is 34.0. The molecule has 0 aliphatic heterocycles. The minimum absolute atomic E-state index is 0.161. The van der Waals surface area contributed by atoms with Crippen molar-refractivity contribution in [3.05, 3.63) is 53.6 Å². The fourth-order valence-electron chi connectivity index (χ4n) is 3.39. The number of carbonyl (C=O) groups excluding carboxylic acids is 2. The van der Waals surface area contributed by atoms with Crippen LogP contribution >= 0.6 is 11.3 Å². The van der Waals surface area contributed by atoms with Gasteiger partial charge in [0.1, 0.15) is 11.3 Å². The van der Waals surface area contributed by atoms with Crippen molar-refractivity contribution in [2.75, 3.05) is 44.8 Å². The zero-order valence-corrected chi connectivity index (χ0v) is 19.8. The van der Waals surface area contributed by atoms with Crippen molar-refractivity contribution in [3.8, 4) is 5.75 Å². The lowest BCUT2D eigenvalue weighted by Crippen LogP contribution is -2.38. The van der Waals surface area contributed by atoms with Gasteiger partial charge in [0, 0.05) is 18.7 Å². The molecule has 3 rings (SSSR count). The number of amides is 1. The Morgan fingerprint density at radius 2 is 1.66 bits per heavy atom. The van der Waals surface area contributed by atoms with Crippen molar-refractivity contribution in [2.45, 2.75) is 20.8 Å². The van der Waals surface area contributed by atoms with Gasteiger partial charge in [-0.3, -0.25) is 9.69 Å². The van der Waals surface area contributed by atoms with E-state index in [2.05, 4.69) is 18.7 Å². The van der Waals surface area contributed by atoms with Crippen LogP contribution < -0.4 is 9.64 Å². The van der Waals surface area contributed by atoms with E-state index in [-0.39, 0.29) is 5.91 Å². The zero-order chi connectivity index (χ0) is 23.1. The normalized spacial score (nSPS) is 11.0. The molecule has 0 N–H and O–H groups in total. The minimum atomic E-state index is -0.433. The third-order valence-electron chi connectivity index (χ3n) is 5.23. The molecule has 8 heteroatoms. The molecule has 32 heavy (non-hydrogen) atoms. The number of para-hydroxylation sites is 1. The summed E-state index contributed by atoms with van der Waals surface area (Å²) in [6, 6.07) is 12.3. The first kappa shape index (κ1) is 23.7. The molecule has 170 valence electrons. The second-order valence-corrected chi connectivity index (χ2v) is 8.09. The Bertz CT molecular complexity index is 1060. The molecule has 1 heterocycles. The number of aromatic nitrogens is 1. The number of rotatable bonds is 10. The van der Waals surface area contributed by atoms with Crippen LogP contribution in [0.2, 0.25) is 0 Å². The summed E-state index contributed by atoms with van der Waals surface area (Å²) in [5, 5.41) is 0.626. The summed E-state index contributed by atoms with van der Waals surface area (Å²) in [5.74, 6) is 0.119. The van der Waals surface area contributed by atoms with E-state index in [0.29, 0.717) is 35.2 Å². The van der Waals surface area contributed by atoms with Crippen molar-refractivity contribution in [2.24, 2.45) is 0 Å². The summed E-state index contributed by atoms with van der Waals surface area (Å²) in [7, 11) is 1.33. The number of hydrogen-bond donors (Lipinski definition) is 0. The number of benzene rings is 2. The molecule has 0 unspecified atom stereocenters. The summed E-state index contributed by atoms with van der Waals surface area (Å²) in [6.45, 7) is 9.73. The maximum absolute atomic E-state index is 13.5. The largest absolute Gasteiger partial charge is 0.492 e. The van der Waals surface area contributed by atoms with Crippen molar-refractivity contribution in [1.29, 1.82) is 0 Å². The third-order valence-corrected chi connectivity index (χ3v) is 6.28. The summed E-state index contributed by atoms with van der Waals surface area (Å²) in [6.07, 6.45) is 0. The number of nitrogens with zero attached hydrogens (tertiary/aromatic N) is 3. The number of carbonyl (C=O) groups is 2. The van der Waals surface area contributed by atoms with Gasteiger partial charge in [0.2, 0.25) is 0 Å². The summed E-state index contributed by atoms with van der Waals surface area (Å²) in [5.41, 5.74) is 1.65. The maximum atomic E-state index is 13.5. The number of fused-ring (bicyclic) bond motifs is 1. The quantitative estimate of drug-likeness (QED) is 0.420. The summed E-state index contributed by atoms with van der Waals surface area (Å²) >= 11 is 1.47. The van der Waals surface area contributed by atoms with Gasteiger partial charge in [-0.05, 0) is 56.4 Å². The molecular formula is C24H29N3O4S. The topological polar surface area (TPSA) is 72.0 Å². The first-order valence-electron chi connectivity index (χ1n) is 10.8. The number of methoxy groups -OCH3 is 1. The van der Waals surface area contributed by atoms with Gasteiger partial charge in [-0.25, -0.2) is 9.78 Å². The Kier molecular flexibility index (Phi) is 8.19. The fourth-order valence-corrected chi connectivity index (χ4v) is 4.39. The lowest BCUT2D eigenvalue weighted by Gasteiger charge is -2.24. The zero-order valence-electron chi connectivity index (χ0n) is 19.0. The number of thiazole rings is 1. The van der Waals surface area contributed by atoms with Gasteiger partial charge in [0.25, 0.3) is 5.91 Å². The Labute approximate surface area is 192 Å². The first-order valence-corrected chi connectivity index (χ1v) is 11.6. The molecule has 3 aromatic rings. The molecule has 0 aliphatic rings. The molecule has 0 fully saturated rings. The van der Waals surface area contributed by atoms with E-state index in [1.54, 1.807) is 29.2 Å². The van der Waals surface area contributed by atoms with Crippen LogP contribution in [0.25, 0.3) is 10.2 Å². The highest BCUT2D eigenvalue weighted by Crippen LogP contribution is 2.34. The van der Waals surface area contributed by atoms with E-state index in [4.69, 9.17) is 14.5 Å². The lowest BCUT2D eigenvalue weighted by atomic mass is 10.1. The molecule has 2 aromatic carbocycles. The maximum Gasteiger partial charge on any atom is 0.337 e. The number of esters is 1. The second kappa shape index (κ2) is 11.1. The highest BCUT2D eigenvalue weighted by Gasteiger charge is 2.23. The van der Waals surface area contributed by atoms with Gasteiger partial charge in [0.15, 0.2) is 5.13 Å². The van der Waals surface area contributed by atoms with Crippen LogP contribution in [0.15, 0.2) is 42.5 Å². The number of hydrogen-bond acceptors (Lipinski definition) is 7. The molecule has 0 bridgehead atoms. The van der Waals surface area contributed by atoms with Crippen LogP contribution in [0.3, 0.4) is 0 Å². The number of likely N-dealkylation sites (N-methyl/N-ethyl adjacent to an activating group) is 1. The molecular weight excluding hydrogens is 426 g/mol. The van der Waals surface area contributed by atoms with Crippen molar-refractivity contribution in [3.63, 3.8) is 0 Å². The molecule has 1 aromatic heterocycles. The Morgan fingerprint density at radius 1 is 0.969 bits per heavy atom. The van der Waals surface area contributed by atoms with E-state index in [0.717, 1.165) is 29.9 Å². The monoisotopic (exact) mass is 455 g/mol. The highest BCUT2D eigenvalue weighted by atomic mass is 32.1.